The zero-order chi connectivity index (χ0) is 22.5. The van der Waals surface area contributed by atoms with E-state index in [1.54, 1.807) is 12.1 Å². The van der Waals surface area contributed by atoms with Crippen LogP contribution in [0.5, 0.6) is 0 Å². The molecule has 2 aromatic rings. The normalized spacial score (nSPS) is 21.7. The van der Waals surface area contributed by atoms with E-state index in [0.29, 0.717) is 23.8 Å². The van der Waals surface area contributed by atoms with Crippen LogP contribution < -0.4 is 4.72 Å². The van der Waals surface area contributed by atoms with E-state index in [-0.39, 0.29) is 11.3 Å². The summed E-state index contributed by atoms with van der Waals surface area (Å²) in [5, 5.41) is 9.29. The lowest BCUT2D eigenvalue weighted by Gasteiger charge is -2.40. The molecule has 1 saturated carbocycles. The van der Waals surface area contributed by atoms with Gasteiger partial charge >= 0.3 is 5.97 Å². The molecule has 1 aliphatic rings. The van der Waals surface area contributed by atoms with E-state index in [2.05, 4.69) is 11.6 Å². The molecule has 3 rings (SSSR count). The number of sulfonamides is 1. The number of halogens is 1. The van der Waals surface area contributed by atoms with Gasteiger partial charge in [0.05, 0.1) is 4.90 Å². The number of benzene rings is 2. The summed E-state index contributed by atoms with van der Waals surface area (Å²) >= 11 is 5.92. The van der Waals surface area contributed by atoms with Gasteiger partial charge in [-0.05, 0) is 86.3 Å². The molecule has 168 valence electrons. The molecule has 0 saturated heterocycles. The molecule has 0 unspecified atom stereocenters. The number of aryl methyl sites for hydroxylation is 1. The van der Waals surface area contributed by atoms with Crippen molar-refractivity contribution in [3.63, 3.8) is 0 Å². The van der Waals surface area contributed by atoms with E-state index in [1.807, 2.05) is 24.3 Å². The standard InChI is InChI=1S/C24H30ClNO4S/c1-18-13-15-24(16-14-18,26-31(29,30)22-11-9-21(25)10-12-22)17-20-7-5-19(6-8-20)3-2-4-23(27)28/h5-12,18,26H,2-4,13-17H2,1H3,(H,27,28). The summed E-state index contributed by atoms with van der Waals surface area (Å²) in [6.07, 6.45) is 5.67. The van der Waals surface area contributed by atoms with Crippen LogP contribution in [0, 0.1) is 5.92 Å². The van der Waals surface area contributed by atoms with Crippen molar-refractivity contribution < 1.29 is 18.3 Å². The molecule has 0 amide bonds. The van der Waals surface area contributed by atoms with E-state index in [0.717, 1.165) is 43.2 Å². The molecule has 0 aromatic heterocycles. The van der Waals surface area contributed by atoms with Gasteiger partial charge in [-0.25, -0.2) is 13.1 Å². The lowest BCUT2D eigenvalue weighted by atomic mass is 9.74. The van der Waals surface area contributed by atoms with Crippen molar-refractivity contribution in [2.45, 2.75) is 68.7 Å². The third-order valence-electron chi connectivity index (χ3n) is 6.13. The van der Waals surface area contributed by atoms with E-state index in [4.69, 9.17) is 16.7 Å². The maximum Gasteiger partial charge on any atom is 0.303 e. The second kappa shape index (κ2) is 10.2. The summed E-state index contributed by atoms with van der Waals surface area (Å²) in [6.45, 7) is 2.21. The predicted octanol–water partition coefficient (Wildman–Crippen LogP) is 5.22. The molecular formula is C24H30ClNO4S. The Morgan fingerprint density at radius 3 is 2.23 bits per heavy atom. The topological polar surface area (TPSA) is 83.5 Å². The van der Waals surface area contributed by atoms with Crippen LogP contribution in [-0.4, -0.2) is 25.0 Å². The van der Waals surface area contributed by atoms with Crippen molar-refractivity contribution >= 4 is 27.6 Å². The second-order valence-electron chi connectivity index (χ2n) is 8.76. The number of aliphatic carboxylic acids is 1. The summed E-state index contributed by atoms with van der Waals surface area (Å²) in [4.78, 5) is 10.9. The Hall–Kier alpha value is -1.89. The number of hydrogen-bond acceptors (Lipinski definition) is 3. The maximum absolute atomic E-state index is 13.1. The minimum absolute atomic E-state index is 0.162. The Labute approximate surface area is 189 Å². The number of carbonyl (C=O) groups is 1. The number of hydrogen-bond donors (Lipinski definition) is 2. The Kier molecular flexibility index (Phi) is 7.78. The molecule has 0 bridgehead atoms. The highest BCUT2D eigenvalue weighted by Crippen LogP contribution is 2.36. The molecule has 2 aromatic carbocycles. The number of rotatable bonds is 9. The van der Waals surface area contributed by atoms with Crippen molar-refractivity contribution in [2.75, 3.05) is 0 Å². The van der Waals surface area contributed by atoms with E-state index >= 15 is 0 Å². The lowest BCUT2D eigenvalue weighted by molar-refractivity contribution is -0.137. The Morgan fingerprint density at radius 2 is 1.65 bits per heavy atom. The molecular weight excluding hydrogens is 434 g/mol. The lowest BCUT2D eigenvalue weighted by Crippen LogP contribution is -2.52. The number of carboxylic acids is 1. The first kappa shape index (κ1) is 23.8. The van der Waals surface area contributed by atoms with Crippen LogP contribution in [0.4, 0.5) is 0 Å². The highest BCUT2D eigenvalue weighted by Gasteiger charge is 2.38. The fourth-order valence-electron chi connectivity index (χ4n) is 4.25. The fourth-order valence-corrected chi connectivity index (χ4v) is 5.83. The molecule has 0 atom stereocenters. The monoisotopic (exact) mass is 463 g/mol. The molecule has 0 spiro atoms. The smallest absolute Gasteiger partial charge is 0.303 e. The molecule has 0 heterocycles. The maximum atomic E-state index is 13.1. The minimum Gasteiger partial charge on any atom is -0.481 e. The van der Waals surface area contributed by atoms with Gasteiger partial charge in [0.25, 0.3) is 0 Å². The van der Waals surface area contributed by atoms with E-state index in [1.165, 1.54) is 12.1 Å². The van der Waals surface area contributed by atoms with Gasteiger partial charge in [-0.1, -0.05) is 42.8 Å². The summed E-state index contributed by atoms with van der Waals surface area (Å²) in [5.74, 6) is -0.192. The predicted molar refractivity (Wildman–Crippen MR) is 123 cm³/mol. The fraction of sp³-hybridized carbons (Fsp3) is 0.458. The summed E-state index contributed by atoms with van der Waals surface area (Å²) in [6, 6.07) is 14.4. The quantitative estimate of drug-likeness (QED) is 0.534. The van der Waals surface area contributed by atoms with Gasteiger partial charge in [-0.3, -0.25) is 4.79 Å². The average Bonchev–Trinajstić information content (AvgIpc) is 2.71. The molecule has 2 N–H and O–H groups in total. The third-order valence-corrected chi connectivity index (χ3v) is 7.97. The average molecular weight is 464 g/mol. The van der Waals surface area contributed by atoms with E-state index < -0.39 is 21.5 Å². The van der Waals surface area contributed by atoms with Crippen LogP contribution in [0.2, 0.25) is 5.02 Å². The molecule has 7 heteroatoms. The Morgan fingerprint density at radius 1 is 1.06 bits per heavy atom. The van der Waals surface area contributed by atoms with Crippen molar-refractivity contribution in [3.05, 3.63) is 64.7 Å². The van der Waals surface area contributed by atoms with Crippen LogP contribution in [0.25, 0.3) is 0 Å². The Balaban J connectivity index is 1.76. The number of nitrogens with one attached hydrogen (secondary N) is 1. The van der Waals surface area contributed by atoms with Crippen molar-refractivity contribution in [1.82, 2.24) is 4.72 Å². The second-order valence-corrected chi connectivity index (χ2v) is 10.9. The van der Waals surface area contributed by atoms with Crippen LogP contribution in [0.15, 0.2) is 53.4 Å². The summed E-state index contributed by atoms with van der Waals surface area (Å²) in [7, 11) is -3.67. The third kappa shape index (κ3) is 6.79. The van der Waals surface area contributed by atoms with Crippen LogP contribution in [-0.2, 0) is 27.7 Å². The van der Waals surface area contributed by atoms with Crippen molar-refractivity contribution in [1.29, 1.82) is 0 Å². The molecule has 0 aliphatic heterocycles. The Bertz CT molecular complexity index is 979. The zero-order valence-corrected chi connectivity index (χ0v) is 19.4. The largest absolute Gasteiger partial charge is 0.481 e. The van der Waals surface area contributed by atoms with Gasteiger partial charge in [0.1, 0.15) is 0 Å². The van der Waals surface area contributed by atoms with Crippen LogP contribution >= 0.6 is 11.6 Å². The first-order chi connectivity index (χ1) is 14.7. The van der Waals surface area contributed by atoms with E-state index in [9.17, 15) is 13.2 Å². The van der Waals surface area contributed by atoms with Gasteiger partial charge in [0, 0.05) is 17.0 Å². The molecule has 31 heavy (non-hydrogen) atoms. The van der Waals surface area contributed by atoms with Crippen LogP contribution in [0.3, 0.4) is 0 Å². The molecule has 1 fully saturated rings. The highest BCUT2D eigenvalue weighted by atomic mass is 35.5. The first-order valence-corrected chi connectivity index (χ1v) is 12.6. The van der Waals surface area contributed by atoms with Gasteiger partial charge in [0.2, 0.25) is 10.0 Å². The van der Waals surface area contributed by atoms with Gasteiger partial charge in [0.15, 0.2) is 0 Å². The molecule has 1 aliphatic carbocycles. The van der Waals surface area contributed by atoms with Gasteiger partial charge in [-0.15, -0.1) is 0 Å². The summed E-state index contributed by atoms with van der Waals surface area (Å²) < 4.78 is 29.3. The van der Waals surface area contributed by atoms with Crippen LogP contribution in [0.1, 0.15) is 56.6 Å². The summed E-state index contributed by atoms with van der Waals surface area (Å²) in [5.41, 5.74) is 1.66. The van der Waals surface area contributed by atoms with Crippen molar-refractivity contribution in [3.8, 4) is 0 Å². The minimum atomic E-state index is -3.67. The zero-order valence-electron chi connectivity index (χ0n) is 17.8. The van der Waals surface area contributed by atoms with Crippen molar-refractivity contribution in [2.24, 2.45) is 5.92 Å². The molecule has 0 radical (unpaired) electrons. The van der Waals surface area contributed by atoms with Gasteiger partial charge in [-0.2, -0.15) is 0 Å². The number of carboxylic acid groups (broad SMARTS) is 1. The SMILES string of the molecule is CC1CCC(Cc2ccc(CCCC(=O)O)cc2)(NS(=O)(=O)c2ccc(Cl)cc2)CC1. The highest BCUT2D eigenvalue weighted by molar-refractivity contribution is 7.89. The molecule has 5 nitrogen and oxygen atoms in total. The van der Waals surface area contributed by atoms with Gasteiger partial charge < -0.3 is 5.11 Å². The first-order valence-electron chi connectivity index (χ1n) is 10.8.